The number of hydrogen-bond acceptors (Lipinski definition) is 8. The summed E-state index contributed by atoms with van der Waals surface area (Å²) in [6.07, 6.45) is 6.61. The van der Waals surface area contributed by atoms with E-state index < -0.39 is 0 Å². The van der Waals surface area contributed by atoms with Gasteiger partial charge >= 0.3 is 5.97 Å². The van der Waals surface area contributed by atoms with Crippen molar-refractivity contribution in [3.63, 3.8) is 0 Å². The highest BCUT2D eigenvalue weighted by molar-refractivity contribution is 6.01. The highest BCUT2D eigenvalue weighted by Crippen LogP contribution is 2.30. The van der Waals surface area contributed by atoms with E-state index in [1.165, 1.54) is 0 Å². The molecule has 2 fully saturated rings. The van der Waals surface area contributed by atoms with Crippen LogP contribution in [-0.4, -0.2) is 77.0 Å². The molecule has 0 bridgehead atoms. The summed E-state index contributed by atoms with van der Waals surface area (Å²) in [7, 11) is 1.96. The first-order chi connectivity index (χ1) is 18.4. The monoisotopic (exact) mass is 514 g/mol. The maximum atomic E-state index is 12.6. The van der Waals surface area contributed by atoms with Crippen LogP contribution in [0.15, 0.2) is 67.0 Å². The zero-order chi connectivity index (χ0) is 26.5. The summed E-state index contributed by atoms with van der Waals surface area (Å²) in [5, 5.41) is 7.26. The predicted molar refractivity (Wildman–Crippen MR) is 148 cm³/mol. The van der Waals surface area contributed by atoms with Gasteiger partial charge in [-0.05, 0) is 37.7 Å². The number of piperidine rings is 1. The molecule has 3 heterocycles. The Morgan fingerprint density at radius 1 is 1.16 bits per heavy atom. The Labute approximate surface area is 222 Å². The molecule has 2 aromatic carbocycles. The van der Waals surface area contributed by atoms with Crippen LogP contribution >= 0.6 is 0 Å². The minimum absolute atomic E-state index is 0.0613. The number of esters is 1. The van der Waals surface area contributed by atoms with E-state index in [0.29, 0.717) is 18.8 Å². The van der Waals surface area contributed by atoms with Gasteiger partial charge in [-0.15, -0.1) is 0 Å². The standard InChI is InChI=1S/C29H34N6O3/c1-21(22-7-4-3-5-8-22)32-28-24-17-23(10-11-25(24)30-20-31-28)33-26(36)9-6-14-35-15-12-29(13-16-35)19-34(2)18-27(37)38-29/h3-11,17,20-21H,12-16,18-19H2,1-2H3,(H,33,36)(H,30,31,32)/t21-/m1/s1. The maximum Gasteiger partial charge on any atom is 0.320 e. The number of anilines is 2. The van der Waals surface area contributed by atoms with E-state index in [1.54, 1.807) is 12.4 Å². The van der Waals surface area contributed by atoms with Gasteiger partial charge < -0.3 is 15.4 Å². The first kappa shape index (κ1) is 25.8. The van der Waals surface area contributed by atoms with E-state index in [0.717, 1.165) is 54.8 Å². The Morgan fingerprint density at radius 2 is 1.95 bits per heavy atom. The molecular formula is C29H34N6O3. The van der Waals surface area contributed by atoms with Gasteiger partial charge in [0.1, 0.15) is 17.7 Å². The normalized spacial score (nSPS) is 18.9. The van der Waals surface area contributed by atoms with E-state index >= 15 is 0 Å². The predicted octanol–water partition coefficient (Wildman–Crippen LogP) is 3.62. The van der Waals surface area contributed by atoms with Gasteiger partial charge in [-0.3, -0.25) is 19.4 Å². The van der Waals surface area contributed by atoms with Gasteiger partial charge in [0.2, 0.25) is 5.91 Å². The van der Waals surface area contributed by atoms with E-state index in [1.807, 2.05) is 54.4 Å². The van der Waals surface area contributed by atoms with Gasteiger partial charge in [-0.1, -0.05) is 36.4 Å². The van der Waals surface area contributed by atoms with Crippen molar-refractivity contribution >= 4 is 34.3 Å². The Balaban J connectivity index is 1.16. The molecule has 9 heteroatoms. The SMILES string of the molecule is C[C@@H](Nc1ncnc2ccc(NC(=O)C=CCN3CCC4(CC3)CN(C)CC(=O)O4)cc12)c1ccccc1. The molecule has 3 aromatic rings. The van der Waals surface area contributed by atoms with Crippen LogP contribution in [0.5, 0.6) is 0 Å². The number of amides is 1. The van der Waals surface area contributed by atoms with Crippen LogP contribution in [0, 0.1) is 0 Å². The number of fused-ring (bicyclic) bond motifs is 1. The number of hydrogen-bond donors (Lipinski definition) is 2. The van der Waals surface area contributed by atoms with Gasteiger partial charge in [-0.2, -0.15) is 0 Å². The molecule has 0 radical (unpaired) electrons. The third-order valence-corrected chi connectivity index (χ3v) is 7.24. The molecule has 1 spiro atoms. The number of likely N-dealkylation sites (N-methyl/N-ethyl adjacent to an activating group) is 1. The van der Waals surface area contributed by atoms with E-state index in [4.69, 9.17) is 4.74 Å². The lowest BCUT2D eigenvalue weighted by Gasteiger charge is -2.45. The van der Waals surface area contributed by atoms with Crippen LogP contribution in [0.4, 0.5) is 11.5 Å². The van der Waals surface area contributed by atoms with Crippen molar-refractivity contribution in [1.29, 1.82) is 0 Å². The largest absolute Gasteiger partial charge is 0.457 e. The van der Waals surface area contributed by atoms with Gasteiger partial charge in [0.05, 0.1) is 12.1 Å². The quantitative estimate of drug-likeness (QED) is 0.364. The van der Waals surface area contributed by atoms with Crippen molar-refractivity contribution in [2.75, 3.05) is 50.4 Å². The number of carbonyl (C=O) groups excluding carboxylic acids is 2. The minimum Gasteiger partial charge on any atom is -0.457 e. The van der Waals surface area contributed by atoms with Crippen LogP contribution in [-0.2, 0) is 14.3 Å². The fourth-order valence-corrected chi connectivity index (χ4v) is 5.25. The number of rotatable bonds is 7. The fourth-order valence-electron chi connectivity index (χ4n) is 5.25. The molecule has 38 heavy (non-hydrogen) atoms. The Kier molecular flexibility index (Phi) is 7.67. The van der Waals surface area contributed by atoms with Gasteiger partial charge in [0.15, 0.2) is 0 Å². The van der Waals surface area contributed by atoms with E-state index in [2.05, 4.69) is 44.6 Å². The average Bonchev–Trinajstić information content (AvgIpc) is 2.90. The van der Waals surface area contributed by atoms with Gasteiger partial charge in [0, 0.05) is 62.2 Å². The van der Waals surface area contributed by atoms with Gasteiger partial charge in [-0.25, -0.2) is 9.97 Å². The second-order valence-corrected chi connectivity index (χ2v) is 10.3. The van der Waals surface area contributed by atoms with Crippen LogP contribution in [0.3, 0.4) is 0 Å². The highest BCUT2D eigenvalue weighted by Gasteiger charge is 2.42. The minimum atomic E-state index is -0.367. The highest BCUT2D eigenvalue weighted by atomic mass is 16.6. The molecule has 2 saturated heterocycles. The third kappa shape index (κ3) is 6.17. The van der Waals surface area contributed by atoms with E-state index in [-0.39, 0.29) is 23.5 Å². The number of ether oxygens (including phenoxy) is 1. The zero-order valence-electron chi connectivity index (χ0n) is 21.9. The smallest absolute Gasteiger partial charge is 0.320 e. The summed E-state index contributed by atoms with van der Waals surface area (Å²) >= 11 is 0. The molecule has 2 aliphatic heterocycles. The molecular weight excluding hydrogens is 480 g/mol. The molecule has 0 aliphatic carbocycles. The summed E-state index contributed by atoms with van der Waals surface area (Å²) in [6.45, 7) is 5.55. The maximum absolute atomic E-state index is 12.6. The van der Waals surface area contributed by atoms with Crippen molar-refractivity contribution in [3.05, 3.63) is 72.6 Å². The van der Waals surface area contributed by atoms with Crippen molar-refractivity contribution in [2.45, 2.75) is 31.4 Å². The third-order valence-electron chi connectivity index (χ3n) is 7.24. The van der Waals surface area contributed by atoms with Crippen LogP contribution in [0.25, 0.3) is 10.9 Å². The summed E-state index contributed by atoms with van der Waals surface area (Å²) < 4.78 is 5.72. The van der Waals surface area contributed by atoms with E-state index in [9.17, 15) is 9.59 Å². The Hall–Kier alpha value is -3.82. The zero-order valence-corrected chi connectivity index (χ0v) is 21.9. The second-order valence-electron chi connectivity index (χ2n) is 10.3. The molecule has 9 nitrogen and oxygen atoms in total. The number of nitrogens with one attached hydrogen (secondary N) is 2. The summed E-state index contributed by atoms with van der Waals surface area (Å²) in [6, 6.07) is 15.9. The van der Waals surface area contributed by atoms with Crippen LogP contribution in [0.1, 0.15) is 31.4 Å². The molecule has 2 aliphatic rings. The molecule has 1 amide bonds. The van der Waals surface area contributed by atoms with Crippen LogP contribution in [0.2, 0.25) is 0 Å². The molecule has 0 unspecified atom stereocenters. The Morgan fingerprint density at radius 3 is 2.71 bits per heavy atom. The summed E-state index contributed by atoms with van der Waals surface area (Å²) in [5.41, 5.74) is 2.27. The average molecular weight is 515 g/mol. The molecule has 5 rings (SSSR count). The second kappa shape index (κ2) is 11.3. The van der Waals surface area contributed by atoms with Crippen molar-refractivity contribution < 1.29 is 14.3 Å². The molecule has 0 saturated carbocycles. The van der Waals surface area contributed by atoms with Gasteiger partial charge in [0.25, 0.3) is 0 Å². The lowest BCUT2D eigenvalue weighted by atomic mass is 9.89. The first-order valence-corrected chi connectivity index (χ1v) is 13.1. The number of carbonyl (C=O) groups is 2. The molecule has 1 atom stereocenters. The van der Waals surface area contributed by atoms with Crippen molar-refractivity contribution in [3.8, 4) is 0 Å². The van der Waals surface area contributed by atoms with Crippen molar-refractivity contribution in [1.82, 2.24) is 19.8 Å². The number of aromatic nitrogens is 2. The molecule has 1 aromatic heterocycles. The summed E-state index contributed by atoms with van der Waals surface area (Å²) in [5.74, 6) is 0.387. The lowest BCUT2D eigenvalue weighted by Crippen LogP contribution is -2.57. The van der Waals surface area contributed by atoms with Crippen molar-refractivity contribution in [2.24, 2.45) is 0 Å². The number of nitrogens with zero attached hydrogens (tertiary/aromatic N) is 4. The molecule has 2 N–H and O–H groups in total. The summed E-state index contributed by atoms with van der Waals surface area (Å²) in [4.78, 5) is 37.6. The molecule has 198 valence electrons. The fraction of sp³-hybridized carbons (Fsp3) is 0.379. The number of benzene rings is 2. The Bertz CT molecular complexity index is 1320. The van der Waals surface area contributed by atoms with Crippen LogP contribution < -0.4 is 10.6 Å². The number of likely N-dealkylation sites (tertiary alicyclic amines) is 1. The topological polar surface area (TPSA) is 99.7 Å². The number of morpholine rings is 1. The lowest BCUT2D eigenvalue weighted by molar-refractivity contribution is -0.179. The first-order valence-electron chi connectivity index (χ1n) is 13.1.